The molecule has 0 spiro atoms. The second-order valence-corrected chi connectivity index (χ2v) is 12.7. The molecule has 3 heteroatoms. The molecule has 0 aliphatic carbocycles. The summed E-state index contributed by atoms with van der Waals surface area (Å²) in [5.74, 6) is 0. The maximum absolute atomic E-state index is 2.43. The van der Waals surface area contributed by atoms with E-state index in [2.05, 4.69) is 144 Å². The third-order valence-electron chi connectivity index (χ3n) is 8.22. The van der Waals surface area contributed by atoms with Crippen molar-refractivity contribution in [2.75, 3.05) is 0 Å². The standard InChI is InChI=1S/C38H23NS2/c1-2-8-28(9-3-1)39-33-12-6-4-11-31(33)38-37(39)32-22-26(19-21-35(32)41-38)24-14-16-25(17-15-24)27-18-20-30-29-10-5-7-13-34(29)40-36(30)23-27/h1-23H. The summed E-state index contributed by atoms with van der Waals surface area (Å²) in [6, 6.07) is 51.1. The number of rotatable bonds is 3. The van der Waals surface area contributed by atoms with Gasteiger partial charge in [-0.2, -0.15) is 0 Å². The summed E-state index contributed by atoms with van der Waals surface area (Å²) in [6.45, 7) is 0. The molecule has 6 aromatic carbocycles. The number of thiophene rings is 2. The molecule has 0 saturated heterocycles. The van der Waals surface area contributed by atoms with Crippen LogP contribution in [0.15, 0.2) is 140 Å². The van der Waals surface area contributed by atoms with Crippen molar-refractivity contribution in [3.05, 3.63) is 140 Å². The minimum absolute atomic E-state index is 1.20. The van der Waals surface area contributed by atoms with Crippen molar-refractivity contribution in [2.24, 2.45) is 0 Å². The lowest BCUT2D eigenvalue weighted by molar-refractivity contribution is 1.19. The van der Waals surface area contributed by atoms with Gasteiger partial charge in [-0.05, 0) is 64.7 Å². The number of para-hydroxylation sites is 2. The second kappa shape index (κ2) is 8.90. The van der Waals surface area contributed by atoms with E-state index in [9.17, 15) is 0 Å². The van der Waals surface area contributed by atoms with Gasteiger partial charge in [0, 0.05) is 41.3 Å². The highest BCUT2D eigenvalue weighted by molar-refractivity contribution is 7.26. The third kappa shape index (κ3) is 3.53. The maximum Gasteiger partial charge on any atom is 0.0727 e. The van der Waals surface area contributed by atoms with Gasteiger partial charge in [0.15, 0.2) is 0 Å². The first kappa shape index (κ1) is 23.0. The van der Waals surface area contributed by atoms with Crippen LogP contribution in [0, 0.1) is 0 Å². The van der Waals surface area contributed by atoms with E-state index < -0.39 is 0 Å². The van der Waals surface area contributed by atoms with Gasteiger partial charge in [0.05, 0.1) is 15.7 Å². The minimum atomic E-state index is 1.20. The highest BCUT2D eigenvalue weighted by Gasteiger charge is 2.18. The number of hydrogen-bond donors (Lipinski definition) is 0. The van der Waals surface area contributed by atoms with Crippen molar-refractivity contribution in [3.8, 4) is 27.9 Å². The van der Waals surface area contributed by atoms with Crippen molar-refractivity contribution in [3.63, 3.8) is 0 Å². The van der Waals surface area contributed by atoms with Gasteiger partial charge in [0.2, 0.25) is 0 Å². The quantitative estimate of drug-likeness (QED) is 0.204. The van der Waals surface area contributed by atoms with Crippen LogP contribution in [0.1, 0.15) is 0 Å². The van der Waals surface area contributed by atoms with Crippen LogP contribution in [-0.4, -0.2) is 4.57 Å². The molecule has 0 unspecified atom stereocenters. The number of hydrogen-bond acceptors (Lipinski definition) is 2. The molecule has 0 bridgehead atoms. The van der Waals surface area contributed by atoms with Gasteiger partial charge in [0.1, 0.15) is 0 Å². The SMILES string of the molecule is c1ccc(-n2c3ccccc3c3sc4ccc(-c5ccc(-c6ccc7c(c6)sc6ccccc67)cc5)cc4c32)cc1. The van der Waals surface area contributed by atoms with Gasteiger partial charge >= 0.3 is 0 Å². The fourth-order valence-corrected chi connectivity index (χ4v) is 8.60. The van der Waals surface area contributed by atoms with Gasteiger partial charge in [-0.15, -0.1) is 22.7 Å². The molecule has 0 saturated carbocycles. The molecule has 0 radical (unpaired) electrons. The van der Waals surface area contributed by atoms with E-state index in [1.54, 1.807) is 0 Å². The molecule has 0 atom stereocenters. The van der Waals surface area contributed by atoms with Crippen LogP contribution in [0.4, 0.5) is 0 Å². The Hall–Kier alpha value is -4.70. The molecular formula is C38H23NS2. The van der Waals surface area contributed by atoms with E-state index in [0.29, 0.717) is 0 Å². The monoisotopic (exact) mass is 557 g/mol. The van der Waals surface area contributed by atoms with E-state index in [0.717, 1.165) is 0 Å². The first-order chi connectivity index (χ1) is 20.3. The largest absolute Gasteiger partial charge is 0.308 e. The first-order valence-electron chi connectivity index (χ1n) is 13.9. The summed E-state index contributed by atoms with van der Waals surface area (Å²) in [6.07, 6.45) is 0. The Bertz CT molecular complexity index is 2400. The molecule has 3 aromatic heterocycles. The van der Waals surface area contributed by atoms with Gasteiger partial charge in [-0.3, -0.25) is 0 Å². The van der Waals surface area contributed by atoms with Crippen LogP contribution in [-0.2, 0) is 0 Å². The van der Waals surface area contributed by atoms with Crippen LogP contribution >= 0.6 is 22.7 Å². The molecule has 0 fully saturated rings. The average molecular weight is 558 g/mol. The van der Waals surface area contributed by atoms with Gasteiger partial charge in [-0.25, -0.2) is 0 Å². The lowest BCUT2D eigenvalue weighted by Gasteiger charge is -2.09. The lowest BCUT2D eigenvalue weighted by atomic mass is 9.99. The first-order valence-corrected chi connectivity index (χ1v) is 15.5. The molecule has 0 aliphatic heterocycles. The van der Waals surface area contributed by atoms with E-state index >= 15 is 0 Å². The van der Waals surface area contributed by atoms with Gasteiger partial charge < -0.3 is 4.57 Å². The summed E-state index contributed by atoms with van der Waals surface area (Å²) < 4.78 is 7.79. The van der Waals surface area contributed by atoms with Crippen molar-refractivity contribution < 1.29 is 0 Å². The summed E-state index contributed by atoms with van der Waals surface area (Å²) in [5, 5.41) is 5.31. The second-order valence-electron chi connectivity index (χ2n) is 10.6. The number of nitrogens with zero attached hydrogens (tertiary/aromatic N) is 1. The van der Waals surface area contributed by atoms with Crippen LogP contribution in [0.5, 0.6) is 0 Å². The zero-order valence-electron chi connectivity index (χ0n) is 22.0. The molecule has 9 rings (SSSR count). The van der Waals surface area contributed by atoms with E-state index in [1.807, 2.05) is 22.7 Å². The van der Waals surface area contributed by atoms with Crippen LogP contribution in [0.3, 0.4) is 0 Å². The maximum atomic E-state index is 2.43. The predicted molar refractivity (Wildman–Crippen MR) is 180 cm³/mol. The summed E-state index contributed by atoms with van der Waals surface area (Å²) in [4.78, 5) is 0. The van der Waals surface area contributed by atoms with E-state index in [1.165, 1.54) is 79.3 Å². The third-order valence-corrected chi connectivity index (χ3v) is 10.5. The van der Waals surface area contributed by atoms with Crippen molar-refractivity contribution in [1.82, 2.24) is 4.57 Å². The normalized spacial score (nSPS) is 11.9. The van der Waals surface area contributed by atoms with Crippen LogP contribution < -0.4 is 0 Å². The predicted octanol–water partition coefficient (Wildman–Crippen LogP) is 11.7. The zero-order valence-corrected chi connectivity index (χ0v) is 23.7. The molecule has 9 aromatic rings. The average Bonchev–Trinajstić information content (AvgIpc) is 3.69. The van der Waals surface area contributed by atoms with Crippen LogP contribution in [0.2, 0.25) is 0 Å². The van der Waals surface area contributed by atoms with Crippen molar-refractivity contribution in [2.45, 2.75) is 0 Å². The lowest BCUT2D eigenvalue weighted by Crippen LogP contribution is -1.92. The van der Waals surface area contributed by atoms with E-state index in [-0.39, 0.29) is 0 Å². The molecule has 1 nitrogen and oxygen atoms in total. The molecule has 0 aliphatic rings. The zero-order chi connectivity index (χ0) is 26.9. The summed E-state index contributed by atoms with van der Waals surface area (Å²) >= 11 is 3.77. The Morgan fingerprint density at radius 1 is 0.390 bits per heavy atom. The molecular weight excluding hydrogens is 535 g/mol. The summed E-state index contributed by atoms with van der Waals surface area (Å²) in [5.41, 5.74) is 8.74. The van der Waals surface area contributed by atoms with Crippen molar-refractivity contribution in [1.29, 1.82) is 0 Å². The molecule has 192 valence electrons. The Kier molecular flexibility index (Phi) is 5.00. The Morgan fingerprint density at radius 2 is 1.00 bits per heavy atom. The van der Waals surface area contributed by atoms with Gasteiger partial charge in [-0.1, -0.05) is 97.1 Å². The van der Waals surface area contributed by atoms with E-state index in [4.69, 9.17) is 0 Å². The minimum Gasteiger partial charge on any atom is -0.308 e. The molecule has 41 heavy (non-hydrogen) atoms. The highest BCUT2D eigenvalue weighted by atomic mass is 32.1. The topological polar surface area (TPSA) is 4.93 Å². The number of aromatic nitrogens is 1. The molecule has 0 N–H and O–H groups in total. The van der Waals surface area contributed by atoms with Crippen molar-refractivity contribution >= 4 is 74.1 Å². The number of benzene rings is 6. The smallest absolute Gasteiger partial charge is 0.0727 e. The van der Waals surface area contributed by atoms with Crippen LogP contribution in [0.25, 0.3) is 79.3 Å². The molecule has 0 amide bonds. The highest BCUT2D eigenvalue weighted by Crippen LogP contribution is 2.43. The Balaban J connectivity index is 1.16. The Morgan fingerprint density at radius 3 is 1.83 bits per heavy atom. The fraction of sp³-hybridized carbons (Fsp3) is 0. The fourth-order valence-electron chi connectivity index (χ4n) is 6.26. The number of fused-ring (bicyclic) bond motifs is 8. The summed E-state index contributed by atoms with van der Waals surface area (Å²) in [7, 11) is 0. The molecule has 3 heterocycles. The van der Waals surface area contributed by atoms with Gasteiger partial charge in [0.25, 0.3) is 0 Å². The Labute approximate surface area is 245 Å².